The fourth-order valence-electron chi connectivity index (χ4n) is 2.53. The summed E-state index contributed by atoms with van der Waals surface area (Å²) in [6.07, 6.45) is 5.53. The Bertz CT molecular complexity index is 224. The van der Waals surface area contributed by atoms with Crippen LogP contribution >= 0.6 is 0 Å². The monoisotopic (exact) mass is 240 g/mol. The molecule has 2 fully saturated rings. The van der Waals surface area contributed by atoms with E-state index >= 15 is 0 Å². The first-order valence-electron chi connectivity index (χ1n) is 7.20. The molecule has 2 aliphatic carbocycles. The minimum atomic E-state index is 0.679. The molecule has 0 spiro atoms. The van der Waals surface area contributed by atoms with Crippen LogP contribution in [0.5, 0.6) is 0 Å². The summed E-state index contributed by atoms with van der Waals surface area (Å²) in [5.74, 6) is 0.721. The molecule has 0 aromatic rings. The van der Waals surface area contributed by atoms with E-state index in [1.54, 1.807) is 7.11 Å². The van der Waals surface area contributed by atoms with Crippen molar-refractivity contribution in [1.82, 2.24) is 10.2 Å². The highest BCUT2D eigenvalue weighted by atomic mass is 16.5. The average molecular weight is 240 g/mol. The van der Waals surface area contributed by atoms with Crippen LogP contribution in [-0.2, 0) is 4.74 Å². The molecule has 3 nitrogen and oxygen atoms in total. The van der Waals surface area contributed by atoms with Gasteiger partial charge in [0, 0.05) is 38.3 Å². The lowest BCUT2D eigenvalue weighted by Gasteiger charge is -2.35. The molecule has 17 heavy (non-hydrogen) atoms. The molecule has 100 valence electrons. The van der Waals surface area contributed by atoms with E-state index in [-0.39, 0.29) is 0 Å². The second-order valence-corrected chi connectivity index (χ2v) is 5.96. The van der Waals surface area contributed by atoms with Crippen LogP contribution in [0.15, 0.2) is 0 Å². The fourth-order valence-corrected chi connectivity index (χ4v) is 2.53. The van der Waals surface area contributed by atoms with E-state index in [4.69, 9.17) is 4.74 Å². The Hall–Kier alpha value is -0.120. The van der Waals surface area contributed by atoms with Crippen molar-refractivity contribution in [2.45, 2.75) is 57.7 Å². The molecule has 0 radical (unpaired) electrons. The first-order valence-corrected chi connectivity index (χ1v) is 7.20. The molecule has 3 heteroatoms. The zero-order valence-corrected chi connectivity index (χ0v) is 11.6. The van der Waals surface area contributed by atoms with E-state index in [0.29, 0.717) is 6.04 Å². The van der Waals surface area contributed by atoms with Gasteiger partial charge in [-0.05, 0) is 31.6 Å². The lowest BCUT2D eigenvalue weighted by atomic mass is 10.0. The second-order valence-electron chi connectivity index (χ2n) is 5.96. The van der Waals surface area contributed by atoms with Crippen molar-refractivity contribution in [2.24, 2.45) is 5.92 Å². The molecule has 0 bridgehead atoms. The summed E-state index contributed by atoms with van der Waals surface area (Å²) in [4.78, 5) is 2.68. The second kappa shape index (κ2) is 6.17. The molecule has 1 atom stereocenters. The van der Waals surface area contributed by atoms with Crippen molar-refractivity contribution >= 4 is 0 Å². The minimum absolute atomic E-state index is 0.679. The van der Waals surface area contributed by atoms with E-state index in [0.717, 1.165) is 37.7 Å². The molecule has 0 aliphatic heterocycles. The third-order valence-corrected chi connectivity index (χ3v) is 3.96. The lowest BCUT2D eigenvalue weighted by Crippen LogP contribution is -2.48. The number of hydrogen-bond acceptors (Lipinski definition) is 3. The van der Waals surface area contributed by atoms with Crippen molar-refractivity contribution < 1.29 is 4.74 Å². The summed E-state index contributed by atoms with van der Waals surface area (Å²) in [5.41, 5.74) is 0. The lowest BCUT2D eigenvalue weighted by molar-refractivity contribution is 0.0926. The maximum Gasteiger partial charge on any atom is 0.0589 e. The number of nitrogens with zero attached hydrogens (tertiary/aromatic N) is 1. The van der Waals surface area contributed by atoms with Crippen molar-refractivity contribution in [3.63, 3.8) is 0 Å². The largest absolute Gasteiger partial charge is 0.383 e. The van der Waals surface area contributed by atoms with Gasteiger partial charge in [-0.25, -0.2) is 0 Å². The van der Waals surface area contributed by atoms with Crippen molar-refractivity contribution in [1.29, 1.82) is 0 Å². The zero-order chi connectivity index (χ0) is 12.3. The predicted molar refractivity (Wildman–Crippen MR) is 71.3 cm³/mol. The number of methoxy groups -OCH3 is 1. The van der Waals surface area contributed by atoms with E-state index < -0.39 is 0 Å². The van der Waals surface area contributed by atoms with Gasteiger partial charge in [-0.2, -0.15) is 0 Å². The molecule has 2 rings (SSSR count). The Labute approximate surface area is 106 Å². The van der Waals surface area contributed by atoms with Gasteiger partial charge in [0.05, 0.1) is 6.61 Å². The van der Waals surface area contributed by atoms with Crippen LogP contribution < -0.4 is 5.32 Å². The highest BCUT2D eigenvalue weighted by Crippen LogP contribution is 2.30. The minimum Gasteiger partial charge on any atom is -0.383 e. The molecule has 1 N–H and O–H groups in total. The molecular weight excluding hydrogens is 212 g/mol. The van der Waals surface area contributed by atoms with Gasteiger partial charge in [0.1, 0.15) is 0 Å². The molecule has 0 aromatic carbocycles. The Morgan fingerprint density at radius 1 is 1.24 bits per heavy atom. The Balaban J connectivity index is 1.84. The molecule has 0 amide bonds. The van der Waals surface area contributed by atoms with Gasteiger partial charge in [-0.3, -0.25) is 4.90 Å². The van der Waals surface area contributed by atoms with Gasteiger partial charge < -0.3 is 10.1 Å². The molecular formula is C14H28N2O. The number of hydrogen-bond donors (Lipinski definition) is 1. The molecule has 0 saturated heterocycles. The van der Waals surface area contributed by atoms with E-state index in [1.807, 2.05) is 0 Å². The highest BCUT2D eigenvalue weighted by Gasteiger charge is 2.35. The van der Waals surface area contributed by atoms with Crippen LogP contribution in [0.3, 0.4) is 0 Å². The summed E-state index contributed by atoms with van der Waals surface area (Å²) in [7, 11) is 1.80. The third-order valence-electron chi connectivity index (χ3n) is 3.96. The average Bonchev–Trinajstić information content (AvgIpc) is 3.15. The Morgan fingerprint density at radius 3 is 2.41 bits per heavy atom. The molecule has 2 aliphatic rings. The predicted octanol–water partition coefficient (Wildman–Crippen LogP) is 1.87. The highest BCUT2D eigenvalue weighted by molar-refractivity contribution is 4.92. The van der Waals surface area contributed by atoms with Gasteiger partial charge in [0.2, 0.25) is 0 Å². The van der Waals surface area contributed by atoms with Gasteiger partial charge >= 0.3 is 0 Å². The maximum absolute atomic E-state index is 5.26. The van der Waals surface area contributed by atoms with Crippen LogP contribution in [0.2, 0.25) is 0 Å². The Kier molecular flexibility index (Phi) is 4.83. The summed E-state index contributed by atoms with van der Waals surface area (Å²) in [6.45, 7) is 7.81. The third kappa shape index (κ3) is 4.23. The standard InChI is InChI=1S/C14H28N2O/c1-11(2)14(10-15-12-4-5-12)16(8-9-17-3)13-6-7-13/h11-15H,4-10H2,1-3H3. The van der Waals surface area contributed by atoms with Gasteiger partial charge in [-0.15, -0.1) is 0 Å². The molecule has 0 heterocycles. The summed E-state index contributed by atoms with van der Waals surface area (Å²) in [6, 6.07) is 2.33. The first-order chi connectivity index (χ1) is 8.22. The van der Waals surface area contributed by atoms with E-state index in [2.05, 4.69) is 24.1 Å². The van der Waals surface area contributed by atoms with Crippen LogP contribution in [-0.4, -0.2) is 49.8 Å². The molecule has 1 unspecified atom stereocenters. The fraction of sp³-hybridized carbons (Fsp3) is 1.00. The van der Waals surface area contributed by atoms with E-state index in [9.17, 15) is 0 Å². The summed E-state index contributed by atoms with van der Waals surface area (Å²) in [5, 5.41) is 3.70. The topological polar surface area (TPSA) is 24.5 Å². The van der Waals surface area contributed by atoms with Crippen LogP contribution in [0.1, 0.15) is 39.5 Å². The summed E-state index contributed by atoms with van der Waals surface area (Å²) >= 11 is 0. The number of ether oxygens (including phenoxy) is 1. The van der Waals surface area contributed by atoms with Gasteiger partial charge in [0.15, 0.2) is 0 Å². The number of nitrogens with one attached hydrogen (secondary N) is 1. The number of rotatable bonds is 9. The SMILES string of the molecule is COCCN(C1CC1)C(CNC1CC1)C(C)C. The molecule has 2 saturated carbocycles. The van der Waals surface area contributed by atoms with Crippen molar-refractivity contribution in [2.75, 3.05) is 26.8 Å². The Morgan fingerprint density at radius 2 is 1.94 bits per heavy atom. The first kappa shape index (κ1) is 13.3. The van der Waals surface area contributed by atoms with Crippen LogP contribution in [0.4, 0.5) is 0 Å². The zero-order valence-electron chi connectivity index (χ0n) is 11.6. The quantitative estimate of drug-likeness (QED) is 0.666. The van der Waals surface area contributed by atoms with E-state index in [1.165, 1.54) is 25.7 Å². The van der Waals surface area contributed by atoms with Crippen molar-refractivity contribution in [3.8, 4) is 0 Å². The van der Waals surface area contributed by atoms with Crippen LogP contribution in [0.25, 0.3) is 0 Å². The normalized spacial score (nSPS) is 22.4. The van der Waals surface area contributed by atoms with Gasteiger partial charge in [-0.1, -0.05) is 13.8 Å². The summed E-state index contributed by atoms with van der Waals surface area (Å²) < 4.78 is 5.26. The smallest absolute Gasteiger partial charge is 0.0589 e. The van der Waals surface area contributed by atoms with Crippen molar-refractivity contribution in [3.05, 3.63) is 0 Å². The maximum atomic E-state index is 5.26. The van der Waals surface area contributed by atoms with Crippen LogP contribution in [0, 0.1) is 5.92 Å². The molecule has 0 aromatic heterocycles. The van der Waals surface area contributed by atoms with Gasteiger partial charge in [0.25, 0.3) is 0 Å².